The van der Waals surface area contributed by atoms with Crippen LogP contribution < -0.4 is 68.4 Å². The lowest BCUT2D eigenvalue weighted by Gasteiger charge is -2.31. The minimum absolute atomic E-state index is 0.0419. The van der Waals surface area contributed by atoms with E-state index < -0.39 is 160 Å². The smallest absolute Gasteiger partial charge is 0.407 e. The van der Waals surface area contributed by atoms with E-state index in [-0.39, 0.29) is 202 Å². The van der Waals surface area contributed by atoms with Crippen molar-refractivity contribution in [1.29, 1.82) is 0 Å². The fourth-order valence-corrected chi connectivity index (χ4v) is 16.4. The van der Waals surface area contributed by atoms with Crippen LogP contribution in [0.2, 0.25) is 0 Å². The second-order valence-corrected chi connectivity index (χ2v) is 34.5. The molecule has 11 N–H and O–H groups in total. The Morgan fingerprint density at radius 2 is 1.01 bits per heavy atom. The number of anilines is 2. The lowest BCUT2D eigenvalue weighted by atomic mass is 9.86. The van der Waals surface area contributed by atoms with E-state index in [4.69, 9.17) is 43.1 Å². The molecule has 137 heavy (non-hydrogen) atoms. The summed E-state index contributed by atoms with van der Waals surface area (Å²) in [6.45, 7) is 9.57. The number of cyclic esters (lactones) is 2. The van der Waals surface area contributed by atoms with Crippen LogP contribution in [0.15, 0.2) is 107 Å². The third kappa shape index (κ3) is 22.5. The predicted molar refractivity (Wildman–Crippen MR) is 484 cm³/mol. The minimum atomic E-state index is -2.12. The van der Waals surface area contributed by atoms with Crippen molar-refractivity contribution in [3.8, 4) is 34.3 Å². The van der Waals surface area contributed by atoms with Gasteiger partial charge < -0.3 is 105 Å². The molecule has 40 nitrogen and oxygen atoms in total. The average Bonchev–Trinajstić information content (AvgIpc) is 1.64. The number of carbonyl (C=O) groups is 14. The van der Waals surface area contributed by atoms with Gasteiger partial charge >= 0.3 is 24.1 Å². The molecule has 4 aromatic heterocycles. The number of esters is 2. The van der Waals surface area contributed by atoms with Gasteiger partial charge in [0.15, 0.2) is 34.3 Å². The molecule has 0 bridgehead atoms. The fourth-order valence-electron chi connectivity index (χ4n) is 16.4. The lowest BCUT2D eigenvalue weighted by Crippen LogP contribution is -2.51. The standard InChI is InChI=1S/C95H105F2N15O25/c1-11-53(46-137-93(6,7)8)103-76(114)27-26-68(106-75(113)16-15-31-110-80(118)28-29-81(110)119)86(122)98-30-14-17-79(117)109(42-77(115)101-49(4)84(120)104-54-22-18-51(19-23-54)44-135-91(127)99-38-58-56-32-73(131-9)66(96)36-69(56)107-82-60(58)40-111-71(82)34-64-62(87(111)123)47-133-89(125)94(64,129)12-2)43-78(116)102-50(5)85(121)105-55-24-20-52(21-25-55)45-136-92(128)100-39-59-57-33-74(132-10)67(97)37-70(57)108-83-61(59)41-112-72(83)35-65-63(88(112)124)48-134-90(126)95(65,130)13-3/h18-25,28-29,32-37,49-50,53,68,129-130H,11-17,26-27,30-31,38-48H2,1-10H3,(H,98,122)(H,99,127)(H,100,128)(H,101,115)(H,102,116)(H,103,114)(H,104,120)(H,105,121)(H,106,113)/t49-,50-,53?,68-,94-,95-/m0/s1. The van der Waals surface area contributed by atoms with Crippen LogP contribution in [0.5, 0.6) is 11.5 Å². The summed E-state index contributed by atoms with van der Waals surface area (Å²) < 4.78 is 71.4. The van der Waals surface area contributed by atoms with Crippen molar-refractivity contribution in [2.45, 2.75) is 207 Å². The van der Waals surface area contributed by atoms with E-state index in [2.05, 4.69) is 47.9 Å². The Balaban J connectivity index is 0.627. The molecule has 9 heterocycles. The Labute approximate surface area is 781 Å². The molecule has 6 atom stereocenters. The number of rotatable bonds is 39. The maximum Gasteiger partial charge on any atom is 0.407 e. The van der Waals surface area contributed by atoms with Gasteiger partial charge in [0, 0.05) is 114 Å². The molecule has 5 aliphatic rings. The van der Waals surface area contributed by atoms with Gasteiger partial charge in [0.1, 0.15) is 57.6 Å². The third-order valence-corrected chi connectivity index (χ3v) is 24.2. The maximum atomic E-state index is 15.3. The van der Waals surface area contributed by atoms with E-state index in [1.807, 2.05) is 27.7 Å². The van der Waals surface area contributed by atoms with E-state index in [0.717, 1.165) is 34.1 Å². The summed E-state index contributed by atoms with van der Waals surface area (Å²) in [5.74, 6) is -10.7. The molecule has 0 fully saturated rings. The third-order valence-electron chi connectivity index (χ3n) is 24.2. The topological polar surface area (TPSA) is 529 Å². The molecule has 13 rings (SSSR count). The van der Waals surface area contributed by atoms with Crippen LogP contribution >= 0.6 is 0 Å². The summed E-state index contributed by atoms with van der Waals surface area (Å²) in [5, 5.41) is 47.6. The number of imide groups is 1. The number of hydrogen-bond donors (Lipinski definition) is 11. The van der Waals surface area contributed by atoms with Crippen molar-refractivity contribution in [1.82, 2.24) is 66.1 Å². The van der Waals surface area contributed by atoms with Gasteiger partial charge in [0.05, 0.1) is 90.5 Å². The number of nitrogens with one attached hydrogen (secondary N) is 9. The number of aromatic nitrogens is 4. The van der Waals surface area contributed by atoms with Crippen LogP contribution in [0.25, 0.3) is 44.6 Å². The number of carbonyl (C=O) groups excluding carboxylic acids is 14. The lowest BCUT2D eigenvalue weighted by molar-refractivity contribution is -0.172. The van der Waals surface area contributed by atoms with Crippen molar-refractivity contribution in [2.24, 2.45) is 0 Å². The number of fused-ring (bicyclic) bond motifs is 10. The summed E-state index contributed by atoms with van der Waals surface area (Å²) in [6.07, 6.45) is -0.443. The molecular weight excluding hydrogens is 1790 g/mol. The van der Waals surface area contributed by atoms with Gasteiger partial charge in [0.2, 0.25) is 47.3 Å². The first-order valence-corrected chi connectivity index (χ1v) is 44.5. The highest BCUT2D eigenvalue weighted by molar-refractivity contribution is 6.13. The first-order valence-electron chi connectivity index (χ1n) is 44.5. The summed E-state index contributed by atoms with van der Waals surface area (Å²) >= 11 is 0. The molecule has 0 radical (unpaired) electrons. The molecule has 42 heteroatoms. The zero-order valence-corrected chi connectivity index (χ0v) is 76.8. The molecule has 4 aromatic carbocycles. The quantitative estimate of drug-likeness (QED) is 0.00964. The minimum Gasteiger partial charge on any atom is -0.494 e. The van der Waals surface area contributed by atoms with Crippen LogP contribution in [0.3, 0.4) is 0 Å². The van der Waals surface area contributed by atoms with Gasteiger partial charge in [-0.2, -0.15) is 0 Å². The number of aliphatic hydroxyl groups is 2. The number of nitrogens with zero attached hydrogens (tertiary/aromatic N) is 6. The number of alkyl carbamates (subject to hydrolysis) is 2. The monoisotopic (exact) mass is 1890 g/mol. The van der Waals surface area contributed by atoms with Crippen molar-refractivity contribution in [3.05, 3.63) is 185 Å². The van der Waals surface area contributed by atoms with Crippen molar-refractivity contribution in [2.75, 3.05) is 57.6 Å². The van der Waals surface area contributed by atoms with Crippen LogP contribution in [0.1, 0.15) is 169 Å². The largest absolute Gasteiger partial charge is 0.494 e. The first kappa shape index (κ1) is 99.5. The summed E-state index contributed by atoms with van der Waals surface area (Å²) in [7, 11) is 2.55. The molecule has 1 unspecified atom stereocenters. The maximum absolute atomic E-state index is 15.3. The van der Waals surface area contributed by atoms with Crippen LogP contribution in [-0.2, 0) is 145 Å². The van der Waals surface area contributed by atoms with Crippen LogP contribution in [0.4, 0.5) is 29.7 Å². The van der Waals surface area contributed by atoms with E-state index in [1.165, 1.54) is 110 Å². The number of benzene rings is 4. The zero-order chi connectivity index (χ0) is 98.8. The molecule has 0 saturated heterocycles. The normalized spacial score (nSPS) is 16.2. The van der Waals surface area contributed by atoms with Gasteiger partial charge in [-0.25, -0.2) is 37.9 Å². The average molecular weight is 1890 g/mol. The second-order valence-electron chi connectivity index (χ2n) is 34.5. The zero-order valence-electron chi connectivity index (χ0n) is 76.8. The molecule has 5 aliphatic heterocycles. The molecule has 0 spiro atoms. The number of amides is 12. The number of halogens is 2. The Hall–Kier alpha value is -14.9. The SMILES string of the molecule is CCC(COC(C)(C)C)NC(=O)CC[C@H](NC(=O)CCCN1C(=O)C=CC1=O)C(=O)NCCCC(=O)N(CC(=O)N[C@@H](C)C(=O)Nc1ccc(COC(=O)NCc2c3c(nc4cc(F)c(OC)cc24)-c2cc4c(c(=O)n2C3)COC(=O)[C@]4(O)CC)cc1)CC(=O)N[C@@H](C)C(=O)Nc1ccc(COC(=O)NCc2c3c(nc4cc(F)c(OC)cc24)-c2cc4c(c(=O)n2C3)COC(=O)[C@]4(O)CC)cc1. The van der Waals surface area contributed by atoms with Crippen molar-refractivity contribution < 1.29 is 119 Å². The Morgan fingerprint density at radius 3 is 1.44 bits per heavy atom. The highest BCUT2D eigenvalue weighted by Crippen LogP contribution is 2.44. The highest BCUT2D eigenvalue weighted by atomic mass is 19.1. The predicted octanol–water partition coefficient (Wildman–Crippen LogP) is 5.61. The molecule has 724 valence electrons. The van der Waals surface area contributed by atoms with Gasteiger partial charge in [-0.3, -0.25) is 62.4 Å². The number of hydrogen-bond acceptors (Lipinski definition) is 27. The highest BCUT2D eigenvalue weighted by Gasteiger charge is 2.48. The molecule has 0 aliphatic carbocycles. The van der Waals surface area contributed by atoms with Crippen LogP contribution in [0, 0.1) is 11.6 Å². The molecule has 12 amide bonds. The number of methoxy groups -OCH3 is 2. The Bertz CT molecular complexity index is 6030. The van der Waals surface area contributed by atoms with Gasteiger partial charge in [0.25, 0.3) is 22.9 Å². The summed E-state index contributed by atoms with van der Waals surface area (Å²) in [4.78, 5) is 227. The van der Waals surface area contributed by atoms with E-state index in [9.17, 15) is 86.9 Å². The van der Waals surface area contributed by atoms with Crippen molar-refractivity contribution in [3.63, 3.8) is 0 Å². The van der Waals surface area contributed by atoms with Gasteiger partial charge in [-0.1, -0.05) is 45.0 Å². The second kappa shape index (κ2) is 42.3. The van der Waals surface area contributed by atoms with Gasteiger partial charge in [-0.05, 0) is 144 Å². The first-order chi connectivity index (χ1) is 65.2. The molecular formula is C95H105F2N15O25. The number of ether oxygens (including phenoxy) is 7. The molecule has 8 aromatic rings. The Kier molecular flexibility index (Phi) is 30.7. The summed E-state index contributed by atoms with van der Waals surface area (Å²) in [6, 6.07) is 15.9. The molecule has 0 saturated carbocycles. The van der Waals surface area contributed by atoms with Crippen LogP contribution in [-0.4, -0.2) is 199 Å². The van der Waals surface area contributed by atoms with Crippen molar-refractivity contribution >= 4 is 116 Å². The van der Waals surface area contributed by atoms with E-state index in [1.54, 1.807) is 13.8 Å². The summed E-state index contributed by atoms with van der Waals surface area (Å²) in [5.41, 5.74) is -1.13. The van der Waals surface area contributed by atoms with E-state index in [0.29, 0.717) is 50.6 Å². The van der Waals surface area contributed by atoms with E-state index >= 15 is 8.78 Å². The number of pyridine rings is 4. The fraction of sp³-hybridized carbons (Fsp3) is 0.411. The Morgan fingerprint density at radius 1 is 0.555 bits per heavy atom. The van der Waals surface area contributed by atoms with Gasteiger partial charge in [-0.15, -0.1) is 0 Å².